The van der Waals surface area contributed by atoms with Crippen LogP contribution in [-0.4, -0.2) is 29.7 Å². The molecule has 1 saturated heterocycles. The summed E-state index contributed by atoms with van der Waals surface area (Å²) in [5.74, 6) is 0.586. The summed E-state index contributed by atoms with van der Waals surface area (Å²) >= 11 is 0. The molecule has 1 aliphatic heterocycles. The number of rotatable bonds is 4. The summed E-state index contributed by atoms with van der Waals surface area (Å²) in [6.07, 6.45) is 5.88. The Hall–Kier alpha value is -2.40. The Bertz CT molecular complexity index is 866. The molecule has 0 atom stereocenters. The van der Waals surface area contributed by atoms with Crippen molar-refractivity contribution in [2.24, 2.45) is 5.41 Å². The van der Waals surface area contributed by atoms with E-state index in [4.69, 9.17) is 4.74 Å². The van der Waals surface area contributed by atoms with Crippen LogP contribution in [0, 0.1) is 11.2 Å². The Morgan fingerprint density at radius 2 is 1.92 bits per heavy atom. The third-order valence-electron chi connectivity index (χ3n) is 5.08. The average Bonchev–Trinajstić information content (AvgIpc) is 3.06. The number of aromatic nitrogens is 2. The molecule has 0 bridgehead atoms. The van der Waals surface area contributed by atoms with Crippen LogP contribution in [0.3, 0.4) is 0 Å². The van der Waals surface area contributed by atoms with Crippen LogP contribution in [0.5, 0.6) is 5.75 Å². The summed E-state index contributed by atoms with van der Waals surface area (Å²) in [6.45, 7) is 5.04. The normalized spacial score (nSPS) is 16.9. The SMILES string of the molecule is CC1(COc2ccnc3[nH]cc(-c4ccc(F)cc4)c23)CCNCC1. The third kappa shape index (κ3) is 3.24. The molecule has 0 radical (unpaired) electrons. The minimum absolute atomic E-state index is 0.188. The van der Waals surface area contributed by atoms with E-state index in [2.05, 4.69) is 22.2 Å². The van der Waals surface area contributed by atoms with E-state index in [9.17, 15) is 4.39 Å². The molecule has 2 N–H and O–H groups in total. The maximum atomic E-state index is 13.2. The van der Waals surface area contributed by atoms with Gasteiger partial charge in [-0.05, 0) is 49.7 Å². The average molecular weight is 339 g/mol. The van der Waals surface area contributed by atoms with Gasteiger partial charge in [-0.15, -0.1) is 0 Å². The number of piperidine rings is 1. The first kappa shape index (κ1) is 16.1. The van der Waals surface area contributed by atoms with Crippen molar-refractivity contribution in [2.75, 3.05) is 19.7 Å². The highest BCUT2D eigenvalue weighted by molar-refractivity contribution is 5.98. The van der Waals surface area contributed by atoms with Crippen LogP contribution < -0.4 is 10.1 Å². The van der Waals surface area contributed by atoms with Gasteiger partial charge in [0.25, 0.3) is 0 Å². The highest BCUT2D eigenvalue weighted by Gasteiger charge is 2.28. The van der Waals surface area contributed by atoms with Crippen molar-refractivity contribution < 1.29 is 9.13 Å². The summed E-state index contributed by atoms with van der Waals surface area (Å²) in [6, 6.07) is 8.42. The summed E-state index contributed by atoms with van der Waals surface area (Å²) in [4.78, 5) is 7.59. The van der Waals surface area contributed by atoms with Crippen LogP contribution in [-0.2, 0) is 0 Å². The van der Waals surface area contributed by atoms with Crippen LogP contribution in [0.1, 0.15) is 19.8 Å². The molecule has 5 heteroatoms. The largest absolute Gasteiger partial charge is 0.492 e. The molecule has 4 rings (SSSR count). The van der Waals surface area contributed by atoms with E-state index in [0.29, 0.717) is 6.61 Å². The quantitative estimate of drug-likeness (QED) is 0.751. The first-order valence-corrected chi connectivity index (χ1v) is 8.70. The zero-order valence-corrected chi connectivity index (χ0v) is 14.3. The standard InChI is InChI=1S/C20H22FN3O/c1-20(7-10-22-11-8-20)13-25-17-6-9-23-19-18(17)16(12-24-19)14-2-4-15(21)5-3-14/h2-6,9,12,22H,7-8,10-11,13H2,1H3,(H,23,24). The van der Waals surface area contributed by atoms with Gasteiger partial charge in [-0.1, -0.05) is 19.1 Å². The van der Waals surface area contributed by atoms with Crippen molar-refractivity contribution in [3.05, 3.63) is 48.5 Å². The summed E-state index contributed by atoms with van der Waals surface area (Å²) in [5, 5.41) is 4.35. The van der Waals surface area contributed by atoms with Crippen molar-refractivity contribution in [1.82, 2.24) is 15.3 Å². The molecule has 1 aromatic carbocycles. The minimum atomic E-state index is -0.239. The summed E-state index contributed by atoms with van der Waals surface area (Å²) < 4.78 is 19.5. The molecule has 1 fully saturated rings. The number of nitrogens with one attached hydrogen (secondary N) is 2. The molecule has 2 aromatic heterocycles. The fourth-order valence-electron chi connectivity index (χ4n) is 3.43. The van der Waals surface area contributed by atoms with Gasteiger partial charge in [0.05, 0.1) is 12.0 Å². The van der Waals surface area contributed by atoms with E-state index >= 15 is 0 Å². The van der Waals surface area contributed by atoms with Crippen LogP contribution >= 0.6 is 0 Å². The fraction of sp³-hybridized carbons (Fsp3) is 0.350. The van der Waals surface area contributed by atoms with E-state index in [1.807, 2.05) is 12.3 Å². The van der Waals surface area contributed by atoms with Gasteiger partial charge in [0.1, 0.15) is 17.2 Å². The molecule has 0 unspecified atom stereocenters. The number of aromatic amines is 1. The van der Waals surface area contributed by atoms with Gasteiger partial charge in [-0.3, -0.25) is 0 Å². The highest BCUT2D eigenvalue weighted by Crippen LogP contribution is 2.36. The second-order valence-electron chi connectivity index (χ2n) is 7.09. The van der Waals surface area contributed by atoms with Gasteiger partial charge in [0.2, 0.25) is 0 Å². The van der Waals surface area contributed by atoms with Gasteiger partial charge < -0.3 is 15.0 Å². The van der Waals surface area contributed by atoms with Crippen LogP contribution in [0.25, 0.3) is 22.2 Å². The smallest absolute Gasteiger partial charge is 0.141 e. The number of pyridine rings is 1. The highest BCUT2D eigenvalue weighted by atomic mass is 19.1. The maximum Gasteiger partial charge on any atom is 0.141 e. The predicted molar refractivity (Wildman–Crippen MR) is 97.2 cm³/mol. The van der Waals surface area contributed by atoms with Gasteiger partial charge in [-0.25, -0.2) is 9.37 Å². The van der Waals surface area contributed by atoms with Crippen molar-refractivity contribution >= 4 is 11.0 Å². The molecule has 0 spiro atoms. The second-order valence-corrected chi connectivity index (χ2v) is 7.09. The molecule has 25 heavy (non-hydrogen) atoms. The molecule has 4 nitrogen and oxygen atoms in total. The number of hydrogen-bond donors (Lipinski definition) is 2. The van der Waals surface area contributed by atoms with Gasteiger partial charge in [-0.2, -0.15) is 0 Å². The molecule has 130 valence electrons. The van der Waals surface area contributed by atoms with Gasteiger partial charge >= 0.3 is 0 Å². The Kier molecular flexibility index (Phi) is 4.17. The molecule has 0 saturated carbocycles. The second kappa shape index (κ2) is 6.48. The number of benzene rings is 1. The number of nitrogens with zero attached hydrogens (tertiary/aromatic N) is 1. The van der Waals surface area contributed by atoms with Crippen LogP contribution in [0.15, 0.2) is 42.7 Å². The predicted octanol–water partition coefficient (Wildman–Crippen LogP) is 4.14. The Morgan fingerprint density at radius 3 is 2.68 bits per heavy atom. The van der Waals surface area contributed by atoms with Crippen molar-refractivity contribution in [2.45, 2.75) is 19.8 Å². The van der Waals surface area contributed by atoms with Crippen LogP contribution in [0.2, 0.25) is 0 Å². The number of halogens is 1. The van der Waals surface area contributed by atoms with Crippen LogP contribution in [0.4, 0.5) is 4.39 Å². The molecular weight excluding hydrogens is 317 g/mol. The fourth-order valence-corrected chi connectivity index (χ4v) is 3.43. The summed E-state index contributed by atoms with van der Waals surface area (Å²) in [5.41, 5.74) is 2.90. The Balaban J connectivity index is 1.67. The lowest BCUT2D eigenvalue weighted by atomic mass is 9.82. The number of fused-ring (bicyclic) bond motifs is 1. The molecule has 0 aliphatic carbocycles. The lowest BCUT2D eigenvalue weighted by Crippen LogP contribution is -2.38. The molecular formula is C20H22FN3O. The molecule has 0 amide bonds. The summed E-state index contributed by atoms with van der Waals surface area (Å²) in [7, 11) is 0. The van der Waals surface area contributed by atoms with Crippen molar-refractivity contribution in [3.63, 3.8) is 0 Å². The van der Waals surface area contributed by atoms with E-state index < -0.39 is 0 Å². The minimum Gasteiger partial charge on any atom is -0.492 e. The van der Waals surface area contributed by atoms with Gasteiger partial charge in [0.15, 0.2) is 0 Å². The maximum absolute atomic E-state index is 13.2. The lowest BCUT2D eigenvalue weighted by molar-refractivity contribution is 0.124. The topological polar surface area (TPSA) is 49.9 Å². The Labute approximate surface area is 146 Å². The monoisotopic (exact) mass is 339 g/mol. The molecule has 1 aliphatic rings. The zero-order chi connectivity index (χ0) is 17.3. The Morgan fingerprint density at radius 1 is 1.16 bits per heavy atom. The van der Waals surface area contributed by atoms with E-state index in [-0.39, 0.29) is 11.2 Å². The number of ether oxygens (including phenoxy) is 1. The third-order valence-corrected chi connectivity index (χ3v) is 5.08. The van der Waals surface area contributed by atoms with E-state index in [1.54, 1.807) is 18.3 Å². The number of hydrogen-bond acceptors (Lipinski definition) is 3. The van der Waals surface area contributed by atoms with E-state index in [0.717, 1.165) is 53.8 Å². The molecule has 3 aromatic rings. The first-order chi connectivity index (χ1) is 12.1. The lowest BCUT2D eigenvalue weighted by Gasteiger charge is -2.33. The first-order valence-electron chi connectivity index (χ1n) is 8.70. The number of H-pyrrole nitrogens is 1. The van der Waals surface area contributed by atoms with Gasteiger partial charge in [0, 0.05) is 23.4 Å². The van der Waals surface area contributed by atoms with E-state index in [1.165, 1.54) is 12.1 Å². The van der Waals surface area contributed by atoms with Crippen molar-refractivity contribution in [1.29, 1.82) is 0 Å². The molecule has 3 heterocycles. The zero-order valence-electron chi connectivity index (χ0n) is 14.3. The van der Waals surface area contributed by atoms with Crippen molar-refractivity contribution in [3.8, 4) is 16.9 Å².